The van der Waals surface area contributed by atoms with E-state index in [1.54, 1.807) is 12.3 Å². The molecule has 4 rings (SSSR count). The molecule has 2 fully saturated rings. The first-order valence-electron chi connectivity index (χ1n) is 7.79. The van der Waals surface area contributed by atoms with Gasteiger partial charge in [-0.1, -0.05) is 11.6 Å². The van der Waals surface area contributed by atoms with Crippen LogP contribution >= 0.6 is 24.0 Å². The molecule has 2 heterocycles. The van der Waals surface area contributed by atoms with Gasteiger partial charge in [-0.2, -0.15) is 0 Å². The highest BCUT2D eigenvalue weighted by Crippen LogP contribution is 2.44. The number of carbonyl (C=O) groups is 2. The maximum atomic E-state index is 12.3. The van der Waals surface area contributed by atoms with Crippen LogP contribution in [0.4, 0.5) is 0 Å². The number of fused-ring (bicyclic) bond motifs is 1. The van der Waals surface area contributed by atoms with Crippen molar-refractivity contribution >= 4 is 46.7 Å². The Labute approximate surface area is 150 Å². The average Bonchev–Trinajstić information content (AvgIpc) is 3.30. The van der Waals surface area contributed by atoms with E-state index < -0.39 is 6.04 Å². The number of carbonyl (C=O) groups excluding carboxylic acids is 2. The SMILES string of the molecule is Cl.O=C(N[C@H]1CCNC1=O)c1cnc2cc(C3CC3)c(Cl)cc2c1. The molecule has 2 aliphatic rings. The van der Waals surface area contributed by atoms with E-state index in [1.807, 2.05) is 12.1 Å². The smallest absolute Gasteiger partial charge is 0.253 e. The second kappa shape index (κ2) is 6.57. The van der Waals surface area contributed by atoms with Gasteiger partial charge in [-0.25, -0.2) is 0 Å². The zero-order chi connectivity index (χ0) is 16.0. The van der Waals surface area contributed by atoms with Crippen molar-refractivity contribution in [3.05, 3.63) is 40.5 Å². The Hall–Kier alpha value is -1.85. The average molecular weight is 366 g/mol. The van der Waals surface area contributed by atoms with Gasteiger partial charge in [0.25, 0.3) is 5.91 Å². The molecule has 126 valence electrons. The lowest BCUT2D eigenvalue weighted by Crippen LogP contribution is -2.40. The third-order valence-electron chi connectivity index (χ3n) is 4.43. The van der Waals surface area contributed by atoms with Gasteiger partial charge in [-0.3, -0.25) is 14.6 Å². The summed E-state index contributed by atoms with van der Waals surface area (Å²) in [6.45, 7) is 0.597. The molecule has 2 aromatic rings. The van der Waals surface area contributed by atoms with Gasteiger partial charge in [0, 0.05) is 23.2 Å². The molecule has 24 heavy (non-hydrogen) atoms. The molecule has 7 heteroatoms. The first kappa shape index (κ1) is 17.0. The maximum Gasteiger partial charge on any atom is 0.253 e. The molecule has 1 aliphatic carbocycles. The summed E-state index contributed by atoms with van der Waals surface area (Å²) in [6, 6.07) is 5.20. The van der Waals surface area contributed by atoms with Crippen molar-refractivity contribution in [3.63, 3.8) is 0 Å². The van der Waals surface area contributed by atoms with Crippen LogP contribution < -0.4 is 10.6 Å². The van der Waals surface area contributed by atoms with Crippen molar-refractivity contribution in [1.29, 1.82) is 0 Å². The quantitative estimate of drug-likeness (QED) is 0.878. The van der Waals surface area contributed by atoms with Gasteiger partial charge >= 0.3 is 0 Å². The van der Waals surface area contributed by atoms with Gasteiger partial charge < -0.3 is 10.6 Å². The molecule has 2 amide bonds. The number of nitrogens with one attached hydrogen (secondary N) is 2. The largest absolute Gasteiger partial charge is 0.354 e. The van der Waals surface area contributed by atoms with E-state index in [2.05, 4.69) is 15.6 Å². The number of hydrogen-bond acceptors (Lipinski definition) is 3. The van der Waals surface area contributed by atoms with E-state index in [1.165, 1.54) is 12.8 Å². The Morgan fingerprint density at radius 1 is 1.25 bits per heavy atom. The monoisotopic (exact) mass is 365 g/mol. The van der Waals surface area contributed by atoms with E-state index >= 15 is 0 Å². The molecule has 1 aliphatic heterocycles. The molecule has 1 aromatic carbocycles. The Morgan fingerprint density at radius 2 is 2.04 bits per heavy atom. The van der Waals surface area contributed by atoms with Gasteiger partial charge in [-0.05, 0) is 48.9 Å². The summed E-state index contributed by atoms with van der Waals surface area (Å²) < 4.78 is 0. The minimum atomic E-state index is -0.459. The van der Waals surface area contributed by atoms with Crippen LogP contribution in [0.3, 0.4) is 0 Å². The fourth-order valence-corrected chi connectivity index (χ4v) is 3.30. The van der Waals surface area contributed by atoms with Gasteiger partial charge in [0.1, 0.15) is 6.04 Å². The predicted octanol–water partition coefficient (Wildman–Crippen LogP) is 2.81. The van der Waals surface area contributed by atoms with Gasteiger partial charge in [0.15, 0.2) is 0 Å². The summed E-state index contributed by atoms with van der Waals surface area (Å²) in [5.41, 5.74) is 2.42. The zero-order valence-corrected chi connectivity index (χ0v) is 14.4. The number of hydrogen-bond donors (Lipinski definition) is 2. The molecular formula is C17H17Cl2N3O2. The van der Waals surface area contributed by atoms with E-state index in [-0.39, 0.29) is 24.2 Å². The third-order valence-corrected chi connectivity index (χ3v) is 4.76. The number of halogens is 2. The molecular weight excluding hydrogens is 349 g/mol. The van der Waals surface area contributed by atoms with Crippen LogP contribution in [0.1, 0.15) is 41.1 Å². The number of pyridine rings is 1. The van der Waals surface area contributed by atoms with Crippen molar-refractivity contribution in [1.82, 2.24) is 15.6 Å². The fraction of sp³-hybridized carbons (Fsp3) is 0.353. The van der Waals surface area contributed by atoms with Crippen LogP contribution in [-0.2, 0) is 4.79 Å². The van der Waals surface area contributed by atoms with E-state index in [4.69, 9.17) is 11.6 Å². The van der Waals surface area contributed by atoms with Crippen LogP contribution in [0.25, 0.3) is 10.9 Å². The molecule has 0 radical (unpaired) electrons. The normalized spacial score (nSPS) is 19.7. The van der Waals surface area contributed by atoms with Crippen molar-refractivity contribution < 1.29 is 9.59 Å². The number of nitrogens with zero attached hydrogens (tertiary/aromatic N) is 1. The minimum Gasteiger partial charge on any atom is -0.354 e. The lowest BCUT2D eigenvalue weighted by atomic mass is 10.1. The minimum absolute atomic E-state index is 0. The Bertz CT molecular complexity index is 821. The van der Waals surface area contributed by atoms with E-state index in [9.17, 15) is 9.59 Å². The molecule has 1 aromatic heterocycles. The molecule has 1 atom stereocenters. The second-order valence-corrected chi connectivity index (χ2v) is 6.58. The second-order valence-electron chi connectivity index (χ2n) is 6.17. The highest BCUT2D eigenvalue weighted by Gasteiger charge is 2.27. The summed E-state index contributed by atoms with van der Waals surface area (Å²) >= 11 is 6.35. The summed E-state index contributed by atoms with van der Waals surface area (Å²) in [4.78, 5) is 28.2. The Kier molecular flexibility index (Phi) is 4.65. The molecule has 1 saturated carbocycles. The summed E-state index contributed by atoms with van der Waals surface area (Å²) in [5.74, 6) is 0.130. The standard InChI is InChI=1S/C17H16ClN3O2.ClH/c18-13-6-10-5-11(16(22)21-14-3-4-19-17(14)23)8-20-15(10)7-12(13)9-1-2-9;/h5-9,14H,1-4H2,(H,19,23)(H,21,22);1H/t14-;/m0./s1. The van der Waals surface area contributed by atoms with Gasteiger partial charge in [0.2, 0.25) is 5.91 Å². The van der Waals surface area contributed by atoms with Crippen LogP contribution in [0.5, 0.6) is 0 Å². The first-order valence-corrected chi connectivity index (χ1v) is 8.17. The summed E-state index contributed by atoms with van der Waals surface area (Å²) in [7, 11) is 0. The van der Waals surface area contributed by atoms with Gasteiger partial charge in [0.05, 0.1) is 11.1 Å². The number of aromatic nitrogens is 1. The van der Waals surface area contributed by atoms with E-state index in [0.29, 0.717) is 24.4 Å². The molecule has 5 nitrogen and oxygen atoms in total. The molecule has 0 bridgehead atoms. The van der Waals surface area contributed by atoms with E-state index in [0.717, 1.165) is 21.5 Å². The number of amides is 2. The van der Waals surface area contributed by atoms with Crippen molar-refractivity contribution in [2.75, 3.05) is 6.54 Å². The van der Waals surface area contributed by atoms with Crippen molar-refractivity contribution in [2.45, 2.75) is 31.2 Å². The van der Waals surface area contributed by atoms with Crippen molar-refractivity contribution in [2.24, 2.45) is 0 Å². The third kappa shape index (κ3) is 3.19. The van der Waals surface area contributed by atoms with Gasteiger partial charge in [-0.15, -0.1) is 12.4 Å². The Balaban J connectivity index is 0.00000169. The summed E-state index contributed by atoms with van der Waals surface area (Å²) in [6.07, 6.45) is 4.52. The van der Waals surface area contributed by atoms with Crippen LogP contribution in [0.2, 0.25) is 5.02 Å². The maximum absolute atomic E-state index is 12.3. The number of rotatable bonds is 3. The number of benzene rings is 1. The molecule has 2 N–H and O–H groups in total. The fourth-order valence-electron chi connectivity index (χ4n) is 2.97. The highest BCUT2D eigenvalue weighted by molar-refractivity contribution is 6.32. The van der Waals surface area contributed by atoms with Crippen molar-refractivity contribution in [3.8, 4) is 0 Å². The lowest BCUT2D eigenvalue weighted by molar-refractivity contribution is -0.120. The van der Waals surface area contributed by atoms with Crippen LogP contribution in [0, 0.1) is 0 Å². The predicted molar refractivity (Wildman–Crippen MR) is 94.9 cm³/mol. The molecule has 0 spiro atoms. The lowest BCUT2D eigenvalue weighted by Gasteiger charge is -2.11. The van der Waals surface area contributed by atoms with Crippen LogP contribution in [-0.4, -0.2) is 29.4 Å². The molecule has 1 saturated heterocycles. The highest BCUT2D eigenvalue weighted by atomic mass is 35.5. The van der Waals surface area contributed by atoms with Crippen LogP contribution in [0.15, 0.2) is 24.4 Å². The Morgan fingerprint density at radius 3 is 2.71 bits per heavy atom. The summed E-state index contributed by atoms with van der Waals surface area (Å²) in [5, 5.41) is 7.01. The topological polar surface area (TPSA) is 71.1 Å². The zero-order valence-electron chi connectivity index (χ0n) is 12.8. The molecule has 0 unspecified atom stereocenters. The first-order chi connectivity index (χ1) is 11.1.